The molecule has 1 aliphatic rings. The molecule has 4 aromatic rings. The summed E-state index contributed by atoms with van der Waals surface area (Å²) in [5, 5.41) is 2.20. The number of anilines is 1. The van der Waals surface area contributed by atoms with E-state index in [2.05, 4.69) is 0 Å². The van der Waals surface area contributed by atoms with Gasteiger partial charge in [-0.15, -0.1) is 0 Å². The van der Waals surface area contributed by atoms with Crippen molar-refractivity contribution < 1.29 is 14.4 Å². The van der Waals surface area contributed by atoms with Crippen molar-refractivity contribution in [2.75, 3.05) is 18.0 Å². The summed E-state index contributed by atoms with van der Waals surface area (Å²) in [6.45, 7) is 2.02. The molecule has 0 unspecified atom stereocenters. The predicted octanol–water partition coefficient (Wildman–Crippen LogP) is 6.40. The van der Waals surface area contributed by atoms with Gasteiger partial charge in [0.1, 0.15) is 0 Å². The molecule has 174 valence electrons. The molecule has 0 bridgehead atoms. The topological polar surface area (TPSA) is 57.7 Å². The third-order valence-corrected chi connectivity index (χ3v) is 6.60. The number of amides is 3. The van der Waals surface area contributed by atoms with E-state index in [4.69, 9.17) is 23.2 Å². The van der Waals surface area contributed by atoms with Crippen molar-refractivity contribution in [2.45, 2.75) is 6.92 Å². The van der Waals surface area contributed by atoms with Crippen molar-refractivity contribution in [2.24, 2.45) is 0 Å². The lowest BCUT2D eigenvalue weighted by Crippen LogP contribution is -2.46. The summed E-state index contributed by atoms with van der Waals surface area (Å²) in [6, 6.07) is 22.9. The predicted molar refractivity (Wildman–Crippen MR) is 139 cm³/mol. The third kappa shape index (κ3) is 4.18. The van der Waals surface area contributed by atoms with Gasteiger partial charge in [-0.25, -0.2) is 0 Å². The van der Waals surface area contributed by atoms with Crippen LogP contribution in [0.25, 0.3) is 10.8 Å². The molecule has 0 spiro atoms. The fraction of sp³-hybridized carbons (Fsp3) is 0.107. The first kappa shape index (κ1) is 23.1. The summed E-state index contributed by atoms with van der Waals surface area (Å²) in [5.41, 5.74) is 2.83. The van der Waals surface area contributed by atoms with Crippen molar-refractivity contribution in [3.8, 4) is 0 Å². The molecule has 0 aliphatic carbocycles. The highest BCUT2D eigenvalue weighted by Gasteiger charge is 2.33. The van der Waals surface area contributed by atoms with Crippen molar-refractivity contribution in [1.82, 2.24) is 4.90 Å². The zero-order valence-electron chi connectivity index (χ0n) is 18.8. The minimum atomic E-state index is -0.373. The molecule has 5 nitrogen and oxygen atoms in total. The number of nitrogens with zero attached hydrogens (tertiary/aromatic N) is 2. The Kier molecular flexibility index (Phi) is 6.05. The Morgan fingerprint density at radius 3 is 2.03 bits per heavy atom. The Balaban J connectivity index is 1.50. The second kappa shape index (κ2) is 9.17. The van der Waals surface area contributed by atoms with Crippen molar-refractivity contribution >= 4 is 57.4 Å². The maximum atomic E-state index is 13.6. The average Bonchev–Trinajstić information content (AvgIpc) is 2.84. The van der Waals surface area contributed by atoms with Crippen LogP contribution in [0.15, 0.2) is 78.9 Å². The lowest BCUT2D eigenvalue weighted by molar-refractivity contribution is 0.0611. The van der Waals surface area contributed by atoms with Gasteiger partial charge in [-0.3, -0.25) is 19.3 Å². The normalized spacial score (nSPS) is 12.8. The Labute approximate surface area is 212 Å². The summed E-state index contributed by atoms with van der Waals surface area (Å²) in [7, 11) is 0. The number of hydrogen-bond donors (Lipinski definition) is 0. The Morgan fingerprint density at radius 2 is 1.43 bits per heavy atom. The summed E-state index contributed by atoms with van der Waals surface area (Å²) < 4.78 is 0. The van der Waals surface area contributed by atoms with Crippen LogP contribution in [-0.2, 0) is 0 Å². The summed E-state index contributed by atoms with van der Waals surface area (Å²) in [6.07, 6.45) is 0. The van der Waals surface area contributed by atoms with Gasteiger partial charge in [0.2, 0.25) is 0 Å². The summed E-state index contributed by atoms with van der Waals surface area (Å²) in [4.78, 5) is 43.0. The van der Waals surface area contributed by atoms with Gasteiger partial charge in [-0.1, -0.05) is 65.7 Å². The number of aryl methyl sites for hydroxylation is 1. The van der Waals surface area contributed by atoms with Gasteiger partial charge in [-0.2, -0.15) is 0 Å². The maximum Gasteiger partial charge on any atom is 0.261 e. The molecule has 0 saturated heterocycles. The number of para-hydroxylation sites is 1. The molecular formula is C28H20Cl2N2O3. The van der Waals surface area contributed by atoms with Crippen LogP contribution in [0.2, 0.25) is 10.0 Å². The van der Waals surface area contributed by atoms with Crippen molar-refractivity contribution in [3.63, 3.8) is 0 Å². The molecule has 1 heterocycles. The van der Waals surface area contributed by atoms with Crippen LogP contribution in [-0.4, -0.2) is 35.7 Å². The first-order valence-corrected chi connectivity index (χ1v) is 11.8. The van der Waals surface area contributed by atoms with Gasteiger partial charge in [0, 0.05) is 50.9 Å². The second-order valence-electron chi connectivity index (χ2n) is 8.37. The number of imide groups is 1. The number of halogens is 2. The van der Waals surface area contributed by atoms with Gasteiger partial charge >= 0.3 is 0 Å². The molecule has 3 amide bonds. The number of carbonyl (C=O) groups excluding carboxylic acids is 3. The first-order chi connectivity index (χ1) is 16.8. The highest BCUT2D eigenvalue weighted by Crippen LogP contribution is 2.30. The van der Waals surface area contributed by atoms with E-state index in [1.807, 2.05) is 43.3 Å². The second-order valence-corrected chi connectivity index (χ2v) is 9.25. The van der Waals surface area contributed by atoms with Crippen LogP contribution >= 0.6 is 23.2 Å². The number of carbonyl (C=O) groups is 3. The van der Waals surface area contributed by atoms with Crippen LogP contribution in [0.5, 0.6) is 0 Å². The molecule has 4 aromatic carbocycles. The highest BCUT2D eigenvalue weighted by atomic mass is 35.5. The quantitative estimate of drug-likeness (QED) is 0.296. The molecule has 0 atom stereocenters. The van der Waals surface area contributed by atoms with E-state index in [1.165, 1.54) is 4.90 Å². The summed E-state index contributed by atoms with van der Waals surface area (Å²) >= 11 is 12.3. The SMILES string of the molecule is Cc1ccccc1N(CCN1C(=O)c2cccc3cccc(c23)C1=O)C(=O)c1cc(Cl)cc(Cl)c1. The number of hydrogen-bond acceptors (Lipinski definition) is 3. The smallest absolute Gasteiger partial charge is 0.261 e. The molecule has 5 rings (SSSR count). The fourth-order valence-electron chi connectivity index (χ4n) is 4.51. The zero-order valence-corrected chi connectivity index (χ0v) is 20.3. The van der Waals surface area contributed by atoms with E-state index in [0.717, 1.165) is 10.9 Å². The van der Waals surface area contributed by atoms with Gasteiger partial charge in [-0.05, 0) is 54.3 Å². The number of benzene rings is 4. The van der Waals surface area contributed by atoms with Gasteiger partial charge in [0.15, 0.2) is 0 Å². The number of rotatable bonds is 5. The van der Waals surface area contributed by atoms with E-state index >= 15 is 0 Å². The Morgan fingerprint density at radius 1 is 0.829 bits per heavy atom. The van der Waals surface area contributed by atoms with Crippen LogP contribution in [0.4, 0.5) is 5.69 Å². The van der Waals surface area contributed by atoms with E-state index in [9.17, 15) is 14.4 Å². The molecule has 35 heavy (non-hydrogen) atoms. The standard InChI is InChI=1S/C28H20Cl2N2O3/c1-17-6-2-3-11-24(17)31(26(33)19-14-20(29)16-21(30)15-19)12-13-32-27(34)22-9-4-7-18-8-5-10-23(25(18)22)28(32)35/h2-11,14-16H,12-13H2,1H3. The van der Waals surface area contributed by atoms with E-state index in [0.29, 0.717) is 37.8 Å². The molecule has 1 aliphatic heterocycles. The van der Waals surface area contributed by atoms with Crippen LogP contribution in [0, 0.1) is 6.92 Å². The molecular weight excluding hydrogens is 483 g/mol. The monoisotopic (exact) mass is 502 g/mol. The minimum Gasteiger partial charge on any atom is -0.306 e. The van der Waals surface area contributed by atoms with Gasteiger partial charge in [0.25, 0.3) is 17.7 Å². The lowest BCUT2D eigenvalue weighted by Gasteiger charge is -2.31. The maximum absolute atomic E-state index is 13.6. The van der Waals surface area contributed by atoms with E-state index in [-0.39, 0.29) is 30.8 Å². The van der Waals surface area contributed by atoms with Gasteiger partial charge in [0.05, 0.1) is 0 Å². The Hall–Kier alpha value is -3.67. The molecule has 7 heteroatoms. The van der Waals surface area contributed by atoms with Crippen LogP contribution < -0.4 is 4.90 Å². The zero-order chi connectivity index (χ0) is 24.7. The molecule has 0 fully saturated rings. The summed E-state index contributed by atoms with van der Waals surface area (Å²) in [5.74, 6) is -1.08. The third-order valence-electron chi connectivity index (χ3n) is 6.16. The molecule has 0 saturated carbocycles. The Bertz CT molecular complexity index is 1440. The van der Waals surface area contributed by atoms with E-state index in [1.54, 1.807) is 47.4 Å². The fourth-order valence-corrected chi connectivity index (χ4v) is 5.04. The van der Waals surface area contributed by atoms with Gasteiger partial charge < -0.3 is 4.90 Å². The van der Waals surface area contributed by atoms with Crippen LogP contribution in [0.3, 0.4) is 0 Å². The minimum absolute atomic E-state index is 0.0246. The molecule has 0 aromatic heterocycles. The van der Waals surface area contributed by atoms with Crippen molar-refractivity contribution in [3.05, 3.63) is 111 Å². The lowest BCUT2D eigenvalue weighted by atomic mass is 9.94. The molecule has 0 N–H and O–H groups in total. The van der Waals surface area contributed by atoms with E-state index < -0.39 is 0 Å². The molecule has 0 radical (unpaired) electrons. The highest BCUT2D eigenvalue weighted by molar-refractivity contribution is 6.35. The first-order valence-electron chi connectivity index (χ1n) is 11.1. The average molecular weight is 503 g/mol. The van der Waals surface area contributed by atoms with Crippen molar-refractivity contribution in [1.29, 1.82) is 0 Å². The largest absolute Gasteiger partial charge is 0.306 e. The van der Waals surface area contributed by atoms with Crippen LogP contribution in [0.1, 0.15) is 36.6 Å².